The average Bonchev–Trinajstić information content (AvgIpc) is 2.95. The number of methoxy groups -OCH3 is 1. The van der Waals surface area contributed by atoms with Crippen LogP contribution in [0.25, 0.3) is 0 Å². The normalized spacial score (nSPS) is 19.0. The van der Waals surface area contributed by atoms with E-state index in [1.165, 1.54) is 25.8 Å². The van der Waals surface area contributed by atoms with Crippen LogP contribution >= 0.6 is 24.0 Å². The summed E-state index contributed by atoms with van der Waals surface area (Å²) in [5, 5.41) is 6.77. The molecular formula is C16H35IN4O. The lowest BCUT2D eigenvalue weighted by Gasteiger charge is -2.21. The van der Waals surface area contributed by atoms with Gasteiger partial charge in [0.25, 0.3) is 0 Å². The Morgan fingerprint density at radius 2 is 2.05 bits per heavy atom. The van der Waals surface area contributed by atoms with Crippen molar-refractivity contribution >= 4 is 29.9 Å². The number of ether oxygens (including phenoxy) is 1. The van der Waals surface area contributed by atoms with Crippen molar-refractivity contribution in [2.45, 2.75) is 52.0 Å². The van der Waals surface area contributed by atoms with E-state index in [1.54, 1.807) is 7.11 Å². The number of hydrogen-bond acceptors (Lipinski definition) is 3. The summed E-state index contributed by atoms with van der Waals surface area (Å²) in [6, 6.07) is 0.632. The van der Waals surface area contributed by atoms with Gasteiger partial charge in [-0.25, -0.2) is 0 Å². The van der Waals surface area contributed by atoms with E-state index in [4.69, 9.17) is 9.73 Å². The molecule has 0 bridgehead atoms. The molecule has 1 atom stereocenters. The van der Waals surface area contributed by atoms with E-state index < -0.39 is 0 Å². The van der Waals surface area contributed by atoms with Gasteiger partial charge >= 0.3 is 0 Å². The minimum absolute atomic E-state index is 0. The summed E-state index contributed by atoms with van der Waals surface area (Å²) in [5.41, 5.74) is 0. The zero-order valence-electron chi connectivity index (χ0n) is 14.6. The van der Waals surface area contributed by atoms with Gasteiger partial charge in [-0.2, -0.15) is 0 Å². The summed E-state index contributed by atoms with van der Waals surface area (Å²) in [5.74, 6) is 0.965. The molecule has 1 fully saturated rings. The fourth-order valence-electron chi connectivity index (χ4n) is 2.81. The van der Waals surface area contributed by atoms with Crippen LogP contribution in [-0.4, -0.2) is 63.3 Å². The van der Waals surface area contributed by atoms with E-state index >= 15 is 0 Å². The Bertz CT molecular complexity index is 289. The molecule has 1 aliphatic heterocycles. The molecule has 5 nitrogen and oxygen atoms in total. The Kier molecular flexibility index (Phi) is 14.5. The van der Waals surface area contributed by atoms with Crippen molar-refractivity contribution in [3.8, 4) is 0 Å². The van der Waals surface area contributed by atoms with Gasteiger partial charge in [0.1, 0.15) is 0 Å². The third-order valence-corrected chi connectivity index (χ3v) is 4.03. The first kappa shape index (κ1) is 21.9. The molecule has 2 N–H and O–H groups in total. The zero-order valence-corrected chi connectivity index (χ0v) is 16.9. The lowest BCUT2D eigenvalue weighted by Crippen LogP contribution is -2.39. The summed E-state index contributed by atoms with van der Waals surface area (Å²) in [7, 11) is 1.76. The van der Waals surface area contributed by atoms with Gasteiger partial charge in [0.15, 0.2) is 5.96 Å². The molecule has 0 aromatic rings. The number of nitrogens with one attached hydrogen (secondary N) is 2. The van der Waals surface area contributed by atoms with Crippen LogP contribution in [0.15, 0.2) is 4.99 Å². The number of rotatable bonds is 10. The van der Waals surface area contributed by atoms with Gasteiger partial charge in [-0.05, 0) is 52.1 Å². The SMILES string of the molecule is CCNC(=NCC1CCCN1CC)NCCCCCOC.I. The maximum atomic E-state index is 5.06. The predicted molar refractivity (Wildman–Crippen MR) is 105 cm³/mol. The highest BCUT2D eigenvalue weighted by molar-refractivity contribution is 14.0. The van der Waals surface area contributed by atoms with E-state index in [9.17, 15) is 0 Å². The van der Waals surface area contributed by atoms with E-state index in [1.807, 2.05) is 0 Å². The standard InChI is InChI=1S/C16H34N4O.HI/c1-4-17-16(18-11-7-6-8-13-21-3)19-14-15-10-9-12-20(15)5-2;/h15H,4-14H2,1-3H3,(H2,17,18,19);1H. The molecule has 1 saturated heterocycles. The summed E-state index contributed by atoms with van der Waals surface area (Å²) < 4.78 is 5.06. The topological polar surface area (TPSA) is 48.9 Å². The molecule has 1 aliphatic rings. The Morgan fingerprint density at radius 1 is 1.23 bits per heavy atom. The van der Waals surface area contributed by atoms with Crippen LogP contribution in [0.5, 0.6) is 0 Å². The van der Waals surface area contributed by atoms with Crippen LogP contribution in [0.1, 0.15) is 46.0 Å². The Hall–Kier alpha value is -0.0800. The van der Waals surface area contributed by atoms with E-state index in [-0.39, 0.29) is 24.0 Å². The summed E-state index contributed by atoms with van der Waals surface area (Å²) in [6.45, 7) is 10.4. The summed E-state index contributed by atoms with van der Waals surface area (Å²) in [6.07, 6.45) is 6.11. The van der Waals surface area contributed by atoms with Crippen molar-refractivity contribution < 1.29 is 4.74 Å². The molecule has 1 heterocycles. The third kappa shape index (κ3) is 9.15. The zero-order chi connectivity index (χ0) is 15.3. The van der Waals surface area contributed by atoms with Crippen molar-refractivity contribution in [3.63, 3.8) is 0 Å². The number of unbranched alkanes of at least 4 members (excludes halogenated alkanes) is 2. The molecule has 0 spiro atoms. The maximum absolute atomic E-state index is 5.06. The van der Waals surface area contributed by atoms with E-state index in [0.29, 0.717) is 6.04 Å². The molecule has 1 rings (SSSR count). The van der Waals surface area contributed by atoms with Crippen LogP contribution in [0.2, 0.25) is 0 Å². The van der Waals surface area contributed by atoms with Gasteiger partial charge in [-0.1, -0.05) is 6.92 Å². The number of hydrogen-bond donors (Lipinski definition) is 2. The van der Waals surface area contributed by atoms with Gasteiger partial charge in [0, 0.05) is 32.8 Å². The number of likely N-dealkylation sites (tertiary alicyclic amines) is 1. The molecule has 1 unspecified atom stereocenters. The smallest absolute Gasteiger partial charge is 0.191 e. The quantitative estimate of drug-likeness (QED) is 0.244. The van der Waals surface area contributed by atoms with Gasteiger partial charge in [0.05, 0.1) is 6.54 Å². The maximum Gasteiger partial charge on any atom is 0.191 e. The highest BCUT2D eigenvalue weighted by Gasteiger charge is 2.22. The molecule has 0 amide bonds. The molecule has 6 heteroatoms. The largest absolute Gasteiger partial charge is 0.385 e. The van der Waals surface area contributed by atoms with Gasteiger partial charge < -0.3 is 15.4 Å². The number of halogens is 1. The monoisotopic (exact) mass is 426 g/mol. The first-order valence-corrected chi connectivity index (χ1v) is 8.57. The van der Waals surface area contributed by atoms with Crippen molar-refractivity contribution in [1.29, 1.82) is 0 Å². The minimum atomic E-state index is 0. The molecule has 0 radical (unpaired) electrons. The first-order chi connectivity index (χ1) is 10.3. The number of likely N-dealkylation sites (N-methyl/N-ethyl adjacent to an activating group) is 1. The van der Waals surface area contributed by atoms with Gasteiger partial charge in [-0.15, -0.1) is 24.0 Å². The summed E-state index contributed by atoms with van der Waals surface area (Å²) in [4.78, 5) is 7.30. The molecule has 22 heavy (non-hydrogen) atoms. The third-order valence-electron chi connectivity index (χ3n) is 4.03. The molecular weight excluding hydrogens is 391 g/mol. The Labute approximate surface area is 153 Å². The van der Waals surface area contributed by atoms with Gasteiger partial charge in [0.2, 0.25) is 0 Å². The number of aliphatic imine (C=N–C) groups is 1. The second-order valence-electron chi connectivity index (χ2n) is 5.62. The van der Waals surface area contributed by atoms with Crippen molar-refractivity contribution in [2.75, 3.05) is 46.4 Å². The molecule has 0 aliphatic carbocycles. The van der Waals surface area contributed by atoms with Crippen LogP contribution in [0, 0.1) is 0 Å². The average molecular weight is 426 g/mol. The van der Waals surface area contributed by atoms with Crippen LogP contribution < -0.4 is 10.6 Å². The lowest BCUT2D eigenvalue weighted by atomic mass is 10.2. The van der Waals surface area contributed by atoms with Crippen LogP contribution in [-0.2, 0) is 4.74 Å². The predicted octanol–water partition coefficient (Wildman–Crippen LogP) is 2.46. The van der Waals surface area contributed by atoms with Crippen molar-refractivity contribution in [1.82, 2.24) is 15.5 Å². The van der Waals surface area contributed by atoms with Crippen LogP contribution in [0.3, 0.4) is 0 Å². The fourth-order valence-corrected chi connectivity index (χ4v) is 2.81. The molecule has 0 aromatic carbocycles. The highest BCUT2D eigenvalue weighted by atomic mass is 127. The molecule has 0 aromatic heterocycles. The van der Waals surface area contributed by atoms with Crippen molar-refractivity contribution in [3.05, 3.63) is 0 Å². The molecule has 0 saturated carbocycles. The number of guanidine groups is 1. The number of nitrogens with zero attached hydrogens (tertiary/aromatic N) is 2. The highest BCUT2D eigenvalue weighted by Crippen LogP contribution is 2.16. The minimum Gasteiger partial charge on any atom is -0.385 e. The second kappa shape index (κ2) is 14.5. The second-order valence-corrected chi connectivity index (χ2v) is 5.62. The van der Waals surface area contributed by atoms with Crippen LogP contribution in [0.4, 0.5) is 0 Å². The van der Waals surface area contributed by atoms with Crippen molar-refractivity contribution in [2.24, 2.45) is 4.99 Å². The van der Waals surface area contributed by atoms with Gasteiger partial charge in [-0.3, -0.25) is 9.89 Å². The Balaban J connectivity index is 0.00000441. The fraction of sp³-hybridized carbons (Fsp3) is 0.938. The lowest BCUT2D eigenvalue weighted by molar-refractivity contribution is 0.192. The molecule has 132 valence electrons. The van der Waals surface area contributed by atoms with E-state index in [2.05, 4.69) is 29.4 Å². The first-order valence-electron chi connectivity index (χ1n) is 8.57. The summed E-state index contributed by atoms with van der Waals surface area (Å²) >= 11 is 0. The Morgan fingerprint density at radius 3 is 2.73 bits per heavy atom. The van der Waals surface area contributed by atoms with E-state index in [0.717, 1.165) is 51.6 Å².